The summed E-state index contributed by atoms with van der Waals surface area (Å²) in [7, 11) is 3.69. The van der Waals surface area contributed by atoms with E-state index in [2.05, 4.69) is 20.5 Å². The maximum atomic E-state index is 14.2. The molecule has 3 rings (SSSR count). The number of carbonyl (C=O) groups excluding carboxylic acids is 4. The van der Waals surface area contributed by atoms with Crippen LogP contribution in [0.2, 0.25) is 0 Å². The second-order valence-corrected chi connectivity index (χ2v) is 15.7. The van der Waals surface area contributed by atoms with Gasteiger partial charge in [-0.1, -0.05) is 77.8 Å². The first kappa shape index (κ1) is 42.7. The van der Waals surface area contributed by atoms with Gasteiger partial charge in [-0.2, -0.15) is 0 Å². The summed E-state index contributed by atoms with van der Waals surface area (Å²) < 4.78 is 6.11. The highest BCUT2D eigenvalue weighted by Gasteiger charge is 2.37. The number of ether oxygens (including phenoxy) is 1. The maximum absolute atomic E-state index is 14.2. The van der Waals surface area contributed by atoms with Crippen molar-refractivity contribution in [2.24, 2.45) is 17.8 Å². The van der Waals surface area contributed by atoms with Crippen molar-refractivity contribution in [3.63, 3.8) is 0 Å². The van der Waals surface area contributed by atoms with Crippen LogP contribution in [0.4, 0.5) is 0 Å². The number of rotatable bonds is 20. The number of thiazole rings is 1. The lowest BCUT2D eigenvalue weighted by Gasteiger charge is -2.38. The fourth-order valence-electron chi connectivity index (χ4n) is 6.70. The second kappa shape index (κ2) is 20.5. The van der Waals surface area contributed by atoms with E-state index in [0.29, 0.717) is 24.3 Å². The number of aromatic nitrogens is 1. The van der Waals surface area contributed by atoms with Crippen LogP contribution in [0.5, 0.6) is 0 Å². The summed E-state index contributed by atoms with van der Waals surface area (Å²) in [5.74, 6) is -2.66. The first-order chi connectivity index (χ1) is 24.6. The molecule has 0 bridgehead atoms. The van der Waals surface area contributed by atoms with Crippen molar-refractivity contribution < 1.29 is 33.8 Å². The molecule has 12 nitrogen and oxygen atoms in total. The Morgan fingerprint density at radius 1 is 1.06 bits per heavy atom. The van der Waals surface area contributed by atoms with E-state index in [1.54, 1.807) is 24.3 Å². The predicted molar refractivity (Wildman–Crippen MR) is 202 cm³/mol. The van der Waals surface area contributed by atoms with Crippen LogP contribution in [0.25, 0.3) is 0 Å². The normalized spacial score (nSPS) is 18.4. The van der Waals surface area contributed by atoms with Crippen molar-refractivity contribution >= 4 is 40.8 Å². The van der Waals surface area contributed by atoms with Crippen molar-refractivity contribution in [3.8, 4) is 0 Å². The molecule has 1 aliphatic heterocycles. The Kier molecular flexibility index (Phi) is 16.9. The molecule has 0 saturated carbocycles. The molecule has 1 aromatic heterocycles. The van der Waals surface area contributed by atoms with Crippen LogP contribution in [0.1, 0.15) is 107 Å². The van der Waals surface area contributed by atoms with Gasteiger partial charge >= 0.3 is 5.97 Å². The molecule has 0 radical (unpaired) electrons. The smallest absolute Gasteiger partial charge is 0.306 e. The molecule has 3 N–H and O–H groups in total. The molecule has 1 fully saturated rings. The number of likely N-dealkylation sites (tertiary alicyclic amines) is 1. The molecule has 7 atom stereocenters. The molecular weight excluding hydrogens is 683 g/mol. The molecule has 288 valence electrons. The topological polar surface area (TPSA) is 158 Å². The standard InChI is InChI=1S/C39H59N5O7S/c1-9-25(4)34(42-36(47)31-17-13-14-18-43(31)7)38(48)44(8)32(24(2)3)21-33(51-22-27(6)45)37-41-30(23-52-37)35(46)40-29(19-26(5)39(49)50)20-28-15-11-10-12-16-28/h10-12,15-16,23-26,29,31-34H,9,13-14,17-22H2,1-8H3,(H,40,46)(H,42,47)(H,49,50)/t25-,26-,29+,31+,32+,33+,34-/m0/s1. The molecule has 1 aliphatic rings. The van der Waals surface area contributed by atoms with E-state index in [1.807, 2.05) is 65.1 Å². The second-order valence-electron chi connectivity index (χ2n) is 14.8. The third-order valence-electron chi connectivity index (χ3n) is 10.2. The molecule has 0 spiro atoms. The SMILES string of the molecule is CC[C@H](C)[C@H](NC(=O)[C@H]1CCCCN1C)C(=O)N(C)[C@H](C[C@@H](OCC(C)=O)c1nc(C(=O)N[C@@H](Cc2ccccc2)C[C@H](C)C(=O)O)cs1)C(C)C. The average Bonchev–Trinajstić information content (AvgIpc) is 3.60. The fourth-order valence-corrected chi connectivity index (χ4v) is 7.55. The van der Waals surface area contributed by atoms with Gasteiger partial charge < -0.3 is 25.4 Å². The average molecular weight is 742 g/mol. The van der Waals surface area contributed by atoms with Crippen LogP contribution in [0.3, 0.4) is 0 Å². The van der Waals surface area contributed by atoms with Gasteiger partial charge in [0.05, 0.1) is 12.0 Å². The Bertz CT molecular complexity index is 1480. The summed E-state index contributed by atoms with van der Waals surface area (Å²) in [6.45, 7) is 11.7. The van der Waals surface area contributed by atoms with Gasteiger partial charge in [0.15, 0.2) is 5.78 Å². The summed E-state index contributed by atoms with van der Waals surface area (Å²) in [4.78, 5) is 73.3. The summed E-state index contributed by atoms with van der Waals surface area (Å²) in [6, 6.07) is 7.79. The minimum absolute atomic E-state index is 0.0205. The lowest BCUT2D eigenvalue weighted by molar-refractivity contribution is -0.142. The summed E-state index contributed by atoms with van der Waals surface area (Å²) in [5.41, 5.74) is 1.13. The van der Waals surface area contributed by atoms with Crippen molar-refractivity contribution in [3.05, 3.63) is 52.0 Å². The number of ketones is 1. The molecule has 1 aromatic carbocycles. The Labute approximate surface area is 313 Å². The van der Waals surface area contributed by atoms with Crippen molar-refractivity contribution in [1.29, 1.82) is 0 Å². The number of piperidine rings is 1. The maximum Gasteiger partial charge on any atom is 0.306 e. The Morgan fingerprint density at radius 3 is 2.35 bits per heavy atom. The van der Waals surface area contributed by atoms with Crippen LogP contribution in [0, 0.1) is 17.8 Å². The first-order valence-electron chi connectivity index (χ1n) is 18.5. The number of aliphatic carboxylic acids is 1. The molecule has 13 heteroatoms. The molecule has 2 heterocycles. The summed E-state index contributed by atoms with van der Waals surface area (Å²) in [5, 5.41) is 17.8. The zero-order valence-electron chi connectivity index (χ0n) is 32.1. The number of benzene rings is 1. The van der Waals surface area contributed by atoms with E-state index in [4.69, 9.17) is 4.74 Å². The van der Waals surface area contributed by atoms with Crippen molar-refractivity contribution in [2.75, 3.05) is 27.2 Å². The summed E-state index contributed by atoms with van der Waals surface area (Å²) >= 11 is 1.23. The number of nitrogens with zero attached hydrogens (tertiary/aromatic N) is 3. The van der Waals surface area contributed by atoms with Crippen LogP contribution in [-0.4, -0.2) is 101 Å². The third-order valence-corrected chi connectivity index (χ3v) is 11.1. The molecular formula is C39H59N5O7S. The highest BCUT2D eigenvalue weighted by atomic mass is 32.1. The fraction of sp³-hybridized carbons (Fsp3) is 0.641. The van der Waals surface area contributed by atoms with Gasteiger partial charge in [0.1, 0.15) is 29.5 Å². The highest BCUT2D eigenvalue weighted by molar-refractivity contribution is 7.09. The Hall–Kier alpha value is -3.68. The van der Waals surface area contributed by atoms with Crippen LogP contribution in [0.15, 0.2) is 35.7 Å². The van der Waals surface area contributed by atoms with Gasteiger partial charge in [-0.05, 0) is 63.6 Å². The predicted octanol–water partition coefficient (Wildman–Crippen LogP) is 5.13. The van der Waals surface area contributed by atoms with Crippen molar-refractivity contribution in [1.82, 2.24) is 25.4 Å². The molecule has 2 aromatic rings. The van der Waals surface area contributed by atoms with Gasteiger partial charge in [-0.25, -0.2) is 4.98 Å². The molecule has 0 aliphatic carbocycles. The Morgan fingerprint density at radius 2 is 1.75 bits per heavy atom. The zero-order chi connectivity index (χ0) is 38.5. The van der Waals surface area contributed by atoms with E-state index >= 15 is 0 Å². The van der Waals surface area contributed by atoms with Crippen LogP contribution in [-0.2, 0) is 30.3 Å². The van der Waals surface area contributed by atoms with Gasteiger partial charge in [0.2, 0.25) is 11.8 Å². The third kappa shape index (κ3) is 12.5. The number of likely N-dealkylation sites (N-methyl/N-ethyl adjacent to an activating group) is 2. The quantitative estimate of drug-likeness (QED) is 0.167. The monoisotopic (exact) mass is 741 g/mol. The number of Topliss-reactive ketones (excluding diaryl/α,β-unsaturated/α-hetero) is 1. The number of hydrogen-bond acceptors (Lipinski definition) is 9. The van der Waals surface area contributed by atoms with Crippen LogP contribution >= 0.6 is 11.3 Å². The van der Waals surface area contributed by atoms with E-state index in [1.165, 1.54) is 18.3 Å². The van der Waals surface area contributed by atoms with E-state index in [9.17, 15) is 29.1 Å². The van der Waals surface area contributed by atoms with Crippen molar-refractivity contribution in [2.45, 2.75) is 117 Å². The minimum atomic E-state index is -0.938. The molecule has 0 unspecified atom stereocenters. The molecule has 3 amide bonds. The number of hydrogen-bond donors (Lipinski definition) is 3. The number of amides is 3. The zero-order valence-corrected chi connectivity index (χ0v) is 32.9. The lowest BCUT2D eigenvalue weighted by Crippen LogP contribution is -2.58. The first-order valence-corrected chi connectivity index (χ1v) is 19.4. The number of carboxylic acids is 1. The van der Waals surface area contributed by atoms with Crippen LogP contribution < -0.4 is 10.6 Å². The van der Waals surface area contributed by atoms with Gasteiger partial charge in [0, 0.05) is 30.9 Å². The van der Waals surface area contributed by atoms with Gasteiger partial charge in [-0.15, -0.1) is 11.3 Å². The lowest BCUT2D eigenvalue weighted by atomic mass is 9.92. The minimum Gasteiger partial charge on any atom is -0.481 e. The number of carboxylic acid groups (broad SMARTS) is 1. The van der Waals surface area contributed by atoms with E-state index in [-0.39, 0.29) is 60.2 Å². The van der Waals surface area contributed by atoms with E-state index in [0.717, 1.165) is 31.4 Å². The van der Waals surface area contributed by atoms with Gasteiger partial charge in [-0.3, -0.25) is 28.9 Å². The Balaban J connectivity index is 1.83. The molecule has 1 saturated heterocycles. The summed E-state index contributed by atoms with van der Waals surface area (Å²) in [6.07, 6.45) is 3.78. The molecule has 52 heavy (non-hydrogen) atoms. The van der Waals surface area contributed by atoms with E-state index < -0.39 is 36.0 Å². The highest BCUT2D eigenvalue weighted by Crippen LogP contribution is 2.31. The largest absolute Gasteiger partial charge is 0.481 e. The van der Waals surface area contributed by atoms with Gasteiger partial charge in [0.25, 0.3) is 5.91 Å². The number of nitrogens with one attached hydrogen (secondary N) is 2. The number of carbonyl (C=O) groups is 5.